The van der Waals surface area contributed by atoms with Gasteiger partial charge in [-0.25, -0.2) is 4.39 Å². The Morgan fingerprint density at radius 2 is 1.70 bits per heavy atom. The number of ether oxygens (including phenoxy) is 2. The van der Waals surface area contributed by atoms with Gasteiger partial charge >= 0.3 is 5.97 Å². The van der Waals surface area contributed by atoms with E-state index in [0.29, 0.717) is 23.6 Å². The van der Waals surface area contributed by atoms with Crippen molar-refractivity contribution in [1.82, 2.24) is 5.32 Å². The number of amides is 2. The molecule has 30 heavy (non-hydrogen) atoms. The van der Waals surface area contributed by atoms with E-state index in [1.165, 1.54) is 31.2 Å². The number of hydrogen-bond acceptors (Lipinski definition) is 5. The third kappa shape index (κ3) is 7.54. The van der Waals surface area contributed by atoms with Crippen molar-refractivity contribution < 1.29 is 28.2 Å². The van der Waals surface area contributed by atoms with Gasteiger partial charge in [-0.2, -0.15) is 0 Å². The molecule has 0 radical (unpaired) electrons. The van der Waals surface area contributed by atoms with Crippen LogP contribution < -0.4 is 15.4 Å². The minimum atomic E-state index is -1.08. The highest BCUT2D eigenvalue weighted by molar-refractivity contribution is 5.97. The summed E-state index contributed by atoms with van der Waals surface area (Å²) in [4.78, 5) is 36.1. The molecule has 0 saturated heterocycles. The molecule has 7 nitrogen and oxygen atoms in total. The summed E-state index contributed by atoms with van der Waals surface area (Å²) in [6.45, 7) is 3.69. The fraction of sp³-hybridized carbons (Fsp3) is 0.318. The first kappa shape index (κ1) is 22.9. The zero-order chi connectivity index (χ0) is 21.9. The number of halogens is 1. The van der Waals surface area contributed by atoms with Crippen LogP contribution in [0.3, 0.4) is 0 Å². The Bertz CT molecular complexity index is 853. The zero-order valence-electron chi connectivity index (χ0n) is 16.9. The standard InChI is InChI=1S/C22H25FN2O5/c1-3-4-13-29-19-11-5-16(6-12-19)22(28)24-14-20(26)30-15(2)21(27)25-18-9-7-17(23)8-10-18/h5-12,15H,3-4,13-14H2,1-2H3,(H,24,28)(H,25,27)/t15-/m0/s1. The molecule has 0 heterocycles. The Morgan fingerprint density at radius 3 is 2.33 bits per heavy atom. The Hall–Kier alpha value is -3.42. The molecular weight excluding hydrogens is 391 g/mol. The van der Waals surface area contributed by atoms with Gasteiger partial charge in [-0.15, -0.1) is 0 Å². The Morgan fingerprint density at radius 1 is 1.03 bits per heavy atom. The summed E-state index contributed by atoms with van der Waals surface area (Å²) in [5, 5.41) is 4.95. The third-order valence-electron chi connectivity index (χ3n) is 4.07. The average molecular weight is 416 g/mol. The van der Waals surface area contributed by atoms with Crippen LogP contribution in [0.1, 0.15) is 37.0 Å². The predicted octanol–water partition coefficient (Wildman–Crippen LogP) is 3.30. The molecule has 0 aliphatic heterocycles. The molecule has 0 aliphatic carbocycles. The number of nitrogens with one attached hydrogen (secondary N) is 2. The number of carbonyl (C=O) groups is 3. The fourth-order valence-corrected chi connectivity index (χ4v) is 2.36. The van der Waals surface area contributed by atoms with Gasteiger partial charge in [-0.05, 0) is 61.9 Å². The maximum atomic E-state index is 12.9. The van der Waals surface area contributed by atoms with Gasteiger partial charge in [0.1, 0.15) is 18.1 Å². The second kappa shape index (κ2) is 11.5. The van der Waals surface area contributed by atoms with Gasteiger partial charge in [-0.3, -0.25) is 14.4 Å². The Balaban J connectivity index is 1.75. The first-order valence-corrected chi connectivity index (χ1v) is 9.66. The van der Waals surface area contributed by atoms with Gasteiger partial charge in [0.15, 0.2) is 6.10 Å². The van der Waals surface area contributed by atoms with E-state index in [0.717, 1.165) is 12.8 Å². The number of benzene rings is 2. The molecule has 0 aliphatic rings. The quantitative estimate of drug-likeness (QED) is 0.458. The lowest BCUT2D eigenvalue weighted by atomic mass is 10.2. The lowest BCUT2D eigenvalue weighted by Gasteiger charge is -2.14. The second-order valence-corrected chi connectivity index (χ2v) is 6.54. The molecule has 8 heteroatoms. The topological polar surface area (TPSA) is 93.7 Å². The van der Waals surface area contributed by atoms with Crippen LogP contribution in [-0.4, -0.2) is 37.0 Å². The van der Waals surface area contributed by atoms with Crippen molar-refractivity contribution in [2.45, 2.75) is 32.8 Å². The average Bonchev–Trinajstić information content (AvgIpc) is 2.74. The molecule has 2 aromatic rings. The van der Waals surface area contributed by atoms with Crippen molar-refractivity contribution >= 4 is 23.5 Å². The van der Waals surface area contributed by atoms with Crippen LogP contribution in [-0.2, 0) is 14.3 Å². The second-order valence-electron chi connectivity index (χ2n) is 6.54. The maximum Gasteiger partial charge on any atom is 0.326 e. The van der Waals surface area contributed by atoms with Crippen molar-refractivity contribution in [2.24, 2.45) is 0 Å². The molecule has 160 valence electrons. The van der Waals surface area contributed by atoms with Crippen LogP contribution in [0.2, 0.25) is 0 Å². The Kier molecular flexibility index (Phi) is 8.80. The first-order valence-electron chi connectivity index (χ1n) is 9.66. The van der Waals surface area contributed by atoms with Crippen LogP contribution >= 0.6 is 0 Å². The van der Waals surface area contributed by atoms with Gasteiger partial charge in [-0.1, -0.05) is 13.3 Å². The molecule has 2 rings (SSSR count). The number of anilines is 1. The molecule has 0 fully saturated rings. The number of unbranched alkanes of at least 4 members (excludes halogenated alkanes) is 1. The largest absolute Gasteiger partial charge is 0.494 e. The molecule has 0 unspecified atom stereocenters. The highest BCUT2D eigenvalue weighted by atomic mass is 19.1. The van der Waals surface area contributed by atoms with Gasteiger partial charge in [0.25, 0.3) is 11.8 Å². The van der Waals surface area contributed by atoms with Crippen LogP contribution in [0.15, 0.2) is 48.5 Å². The minimum Gasteiger partial charge on any atom is -0.494 e. The molecule has 0 aromatic heterocycles. The van der Waals surface area contributed by atoms with Crippen LogP contribution in [0.25, 0.3) is 0 Å². The third-order valence-corrected chi connectivity index (χ3v) is 4.07. The van der Waals surface area contributed by atoms with E-state index in [-0.39, 0.29) is 6.54 Å². The summed E-state index contributed by atoms with van der Waals surface area (Å²) in [6.07, 6.45) is 0.896. The van der Waals surface area contributed by atoms with Gasteiger partial charge < -0.3 is 20.1 Å². The minimum absolute atomic E-state index is 0.368. The van der Waals surface area contributed by atoms with Crippen molar-refractivity contribution in [3.8, 4) is 5.75 Å². The van der Waals surface area contributed by atoms with E-state index in [2.05, 4.69) is 17.6 Å². The van der Waals surface area contributed by atoms with E-state index in [4.69, 9.17) is 9.47 Å². The monoisotopic (exact) mass is 416 g/mol. The summed E-state index contributed by atoms with van der Waals surface area (Å²) in [7, 11) is 0. The van der Waals surface area contributed by atoms with E-state index in [1.807, 2.05) is 0 Å². The van der Waals surface area contributed by atoms with Gasteiger partial charge in [0.2, 0.25) is 0 Å². The number of carbonyl (C=O) groups excluding carboxylic acids is 3. The molecule has 2 aromatic carbocycles. The highest BCUT2D eigenvalue weighted by Gasteiger charge is 2.18. The van der Waals surface area contributed by atoms with Crippen molar-refractivity contribution in [2.75, 3.05) is 18.5 Å². The summed E-state index contributed by atoms with van der Waals surface area (Å²) < 4.78 is 23.4. The summed E-state index contributed by atoms with van der Waals surface area (Å²) in [5.74, 6) is -1.54. The fourth-order valence-electron chi connectivity index (χ4n) is 2.36. The van der Waals surface area contributed by atoms with E-state index < -0.39 is 29.7 Å². The first-order chi connectivity index (χ1) is 14.4. The molecule has 2 N–H and O–H groups in total. The molecule has 0 saturated carbocycles. The normalized spacial score (nSPS) is 11.3. The van der Waals surface area contributed by atoms with Crippen LogP contribution in [0.5, 0.6) is 5.75 Å². The molecule has 1 atom stereocenters. The smallest absolute Gasteiger partial charge is 0.326 e. The lowest BCUT2D eigenvalue weighted by Crippen LogP contribution is -2.35. The number of hydrogen-bond donors (Lipinski definition) is 2. The van der Waals surface area contributed by atoms with E-state index in [9.17, 15) is 18.8 Å². The van der Waals surface area contributed by atoms with Crippen LogP contribution in [0.4, 0.5) is 10.1 Å². The molecule has 0 spiro atoms. The van der Waals surface area contributed by atoms with Crippen molar-refractivity contribution in [1.29, 1.82) is 0 Å². The number of rotatable bonds is 10. The lowest BCUT2D eigenvalue weighted by molar-refractivity contribution is -0.152. The zero-order valence-corrected chi connectivity index (χ0v) is 16.9. The summed E-state index contributed by atoms with van der Waals surface area (Å²) >= 11 is 0. The number of esters is 1. The van der Waals surface area contributed by atoms with Crippen LogP contribution in [0, 0.1) is 5.82 Å². The Labute approximate surface area is 174 Å². The van der Waals surface area contributed by atoms with Crippen molar-refractivity contribution in [3.63, 3.8) is 0 Å². The van der Waals surface area contributed by atoms with E-state index in [1.54, 1.807) is 24.3 Å². The predicted molar refractivity (Wildman–Crippen MR) is 110 cm³/mol. The van der Waals surface area contributed by atoms with Gasteiger partial charge in [0, 0.05) is 11.3 Å². The summed E-state index contributed by atoms with van der Waals surface area (Å²) in [5.41, 5.74) is 0.743. The molecule has 0 bridgehead atoms. The maximum absolute atomic E-state index is 12.9. The highest BCUT2D eigenvalue weighted by Crippen LogP contribution is 2.13. The summed E-state index contributed by atoms with van der Waals surface area (Å²) in [6, 6.07) is 11.7. The molecule has 2 amide bonds. The van der Waals surface area contributed by atoms with Gasteiger partial charge in [0.05, 0.1) is 6.61 Å². The molecular formula is C22H25FN2O5. The SMILES string of the molecule is CCCCOc1ccc(C(=O)NCC(=O)O[C@@H](C)C(=O)Nc2ccc(F)cc2)cc1. The van der Waals surface area contributed by atoms with Crippen molar-refractivity contribution in [3.05, 3.63) is 59.9 Å². The van der Waals surface area contributed by atoms with E-state index >= 15 is 0 Å².